The van der Waals surface area contributed by atoms with E-state index in [4.69, 9.17) is 11.6 Å². The first-order valence-corrected chi connectivity index (χ1v) is 4.77. The van der Waals surface area contributed by atoms with E-state index in [9.17, 15) is 0 Å². The summed E-state index contributed by atoms with van der Waals surface area (Å²) in [5.41, 5.74) is 2.15. The van der Waals surface area contributed by atoms with Gasteiger partial charge >= 0.3 is 0 Å². The third-order valence-corrected chi connectivity index (χ3v) is 2.28. The topological polar surface area (TPSA) is 12.0 Å². The number of allylic oxidation sites excluding steroid dienone is 1. The molecule has 0 atom stereocenters. The zero-order valence-electron chi connectivity index (χ0n) is 7.81. The van der Waals surface area contributed by atoms with Gasteiger partial charge in [0, 0.05) is 17.3 Å². The van der Waals surface area contributed by atoms with Crippen LogP contribution in [0.15, 0.2) is 36.5 Å². The van der Waals surface area contributed by atoms with Crippen LogP contribution in [0.1, 0.15) is 18.9 Å². The summed E-state index contributed by atoms with van der Waals surface area (Å²) in [6.45, 7) is 6.69. The predicted octanol–water partition coefficient (Wildman–Crippen LogP) is 3.35. The highest BCUT2D eigenvalue weighted by atomic mass is 35.5. The van der Waals surface area contributed by atoms with Crippen LogP contribution in [0.5, 0.6) is 0 Å². The second-order valence-electron chi connectivity index (χ2n) is 2.90. The van der Waals surface area contributed by atoms with Gasteiger partial charge in [0.05, 0.1) is 0 Å². The molecule has 70 valence electrons. The molecule has 1 aromatic rings. The van der Waals surface area contributed by atoms with Gasteiger partial charge in [0.1, 0.15) is 0 Å². The molecule has 0 aromatic heterocycles. The molecule has 0 heterocycles. The molecular formula is C11H14ClN. The number of nitrogens with one attached hydrogen (secondary N) is 1. The minimum Gasteiger partial charge on any atom is -0.385 e. The summed E-state index contributed by atoms with van der Waals surface area (Å²) in [6, 6.07) is 7.82. The standard InChI is InChI=1S/C11H14ClN/c1-3-9(2)13-8-10-6-4-5-7-11(10)12/h4-7,13H,2-3,8H2,1H3. The largest absolute Gasteiger partial charge is 0.385 e. The van der Waals surface area contributed by atoms with Crippen molar-refractivity contribution in [2.24, 2.45) is 0 Å². The van der Waals surface area contributed by atoms with Crippen LogP contribution < -0.4 is 5.32 Å². The molecule has 0 aliphatic carbocycles. The zero-order valence-corrected chi connectivity index (χ0v) is 8.56. The van der Waals surface area contributed by atoms with Gasteiger partial charge in [0.15, 0.2) is 0 Å². The lowest BCUT2D eigenvalue weighted by molar-refractivity contribution is 0.777. The van der Waals surface area contributed by atoms with E-state index in [0.29, 0.717) is 0 Å². The van der Waals surface area contributed by atoms with E-state index in [0.717, 1.165) is 29.2 Å². The highest BCUT2D eigenvalue weighted by molar-refractivity contribution is 6.31. The van der Waals surface area contributed by atoms with Crippen LogP contribution in [-0.4, -0.2) is 0 Å². The molecule has 13 heavy (non-hydrogen) atoms. The van der Waals surface area contributed by atoms with E-state index in [-0.39, 0.29) is 0 Å². The molecule has 1 N–H and O–H groups in total. The van der Waals surface area contributed by atoms with Gasteiger partial charge in [0.2, 0.25) is 0 Å². The molecule has 0 unspecified atom stereocenters. The van der Waals surface area contributed by atoms with Gasteiger partial charge in [-0.05, 0) is 18.1 Å². The van der Waals surface area contributed by atoms with Crippen molar-refractivity contribution in [3.63, 3.8) is 0 Å². The van der Waals surface area contributed by atoms with Crippen molar-refractivity contribution in [1.82, 2.24) is 5.32 Å². The van der Waals surface area contributed by atoms with Crippen LogP contribution in [-0.2, 0) is 6.54 Å². The van der Waals surface area contributed by atoms with E-state index >= 15 is 0 Å². The summed E-state index contributed by atoms with van der Waals surface area (Å²) < 4.78 is 0. The summed E-state index contributed by atoms with van der Waals surface area (Å²) in [7, 11) is 0. The third kappa shape index (κ3) is 3.11. The van der Waals surface area contributed by atoms with Crippen molar-refractivity contribution in [1.29, 1.82) is 0 Å². The summed E-state index contributed by atoms with van der Waals surface area (Å²) in [4.78, 5) is 0. The molecule has 0 bridgehead atoms. The van der Waals surface area contributed by atoms with Crippen LogP contribution in [0.4, 0.5) is 0 Å². The lowest BCUT2D eigenvalue weighted by atomic mass is 10.2. The molecule has 0 saturated heterocycles. The van der Waals surface area contributed by atoms with E-state index in [1.165, 1.54) is 0 Å². The second-order valence-corrected chi connectivity index (χ2v) is 3.31. The SMILES string of the molecule is C=C(CC)NCc1ccccc1Cl. The van der Waals surface area contributed by atoms with Gasteiger partial charge in [-0.15, -0.1) is 0 Å². The Hall–Kier alpha value is -0.950. The van der Waals surface area contributed by atoms with Gasteiger partial charge in [-0.3, -0.25) is 0 Å². The average Bonchev–Trinajstić information content (AvgIpc) is 2.16. The van der Waals surface area contributed by atoms with Gasteiger partial charge in [-0.1, -0.05) is 43.3 Å². The molecule has 0 aliphatic heterocycles. The average molecular weight is 196 g/mol. The molecule has 0 radical (unpaired) electrons. The fraction of sp³-hybridized carbons (Fsp3) is 0.273. The first-order chi connectivity index (χ1) is 6.24. The molecule has 2 heteroatoms. The quantitative estimate of drug-likeness (QED) is 0.777. The van der Waals surface area contributed by atoms with Gasteiger partial charge < -0.3 is 5.32 Å². The highest BCUT2D eigenvalue weighted by Crippen LogP contribution is 2.14. The first kappa shape index (κ1) is 10.1. The molecule has 1 nitrogen and oxygen atoms in total. The normalized spacial score (nSPS) is 9.69. The second kappa shape index (κ2) is 4.93. The Morgan fingerprint density at radius 1 is 1.46 bits per heavy atom. The maximum atomic E-state index is 5.98. The Bertz CT molecular complexity index is 294. The van der Waals surface area contributed by atoms with Gasteiger partial charge in [-0.2, -0.15) is 0 Å². The minimum atomic E-state index is 0.756. The lowest BCUT2D eigenvalue weighted by Crippen LogP contribution is -2.11. The smallest absolute Gasteiger partial charge is 0.0455 e. The van der Waals surface area contributed by atoms with Gasteiger partial charge in [-0.25, -0.2) is 0 Å². The van der Waals surface area contributed by atoms with E-state index in [1.807, 2.05) is 24.3 Å². The molecule has 0 fully saturated rings. The van der Waals surface area contributed by atoms with E-state index < -0.39 is 0 Å². The van der Waals surface area contributed by atoms with E-state index in [2.05, 4.69) is 18.8 Å². The molecular weight excluding hydrogens is 182 g/mol. The maximum Gasteiger partial charge on any atom is 0.0455 e. The molecule has 1 rings (SSSR count). The Morgan fingerprint density at radius 3 is 2.77 bits per heavy atom. The molecule has 0 aliphatic rings. The van der Waals surface area contributed by atoms with Crippen LogP contribution in [0.2, 0.25) is 5.02 Å². The summed E-state index contributed by atoms with van der Waals surface area (Å²) in [6.07, 6.45) is 0.949. The molecule has 0 amide bonds. The third-order valence-electron chi connectivity index (χ3n) is 1.91. The monoisotopic (exact) mass is 195 g/mol. The summed E-state index contributed by atoms with van der Waals surface area (Å²) in [5, 5.41) is 4.02. The molecule has 0 spiro atoms. The lowest BCUT2D eigenvalue weighted by Gasteiger charge is -2.08. The molecule has 0 saturated carbocycles. The first-order valence-electron chi connectivity index (χ1n) is 4.39. The van der Waals surface area contributed by atoms with Crippen LogP contribution in [0.25, 0.3) is 0 Å². The number of hydrogen-bond donors (Lipinski definition) is 1. The van der Waals surface area contributed by atoms with Crippen LogP contribution in [0, 0.1) is 0 Å². The summed E-state index contributed by atoms with van der Waals surface area (Å²) >= 11 is 5.98. The van der Waals surface area contributed by atoms with Crippen molar-refractivity contribution in [3.05, 3.63) is 47.1 Å². The maximum absolute atomic E-state index is 5.98. The number of halogens is 1. The fourth-order valence-corrected chi connectivity index (χ4v) is 1.19. The predicted molar refractivity (Wildman–Crippen MR) is 57.7 cm³/mol. The van der Waals surface area contributed by atoms with Crippen molar-refractivity contribution >= 4 is 11.6 Å². The number of benzene rings is 1. The van der Waals surface area contributed by atoms with E-state index in [1.54, 1.807) is 0 Å². The van der Waals surface area contributed by atoms with Crippen LogP contribution in [0.3, 0.4) is 0 Å². The van der Waals surface area contributed by atoms with Crippen molar-refractivity contribution in [3.8, 4) is 0 Å². The number of hydrogen-bond acceptors (Lipinski definition) is 1. The van der Waals surface area contributed by atoms with Gasteiger partial charge in [0.25, 0.3) is 0 Å². The fourth-order valence-electron chi connectivity index (χ4n) is 0.987. The Morgan fingerprint density at radius 2 is 2.15 bits per heavy atom. The minimum absolute atomic E-state index is 0.756. The highest BCUT2D eigenvalue weighted by Gasteiger charge is 1.97. The Balaban J connectivity index is 2.54. The van der Waals surface area contributed by atoms with Crippen molar-refractivity contribution in [2.45, 2.75) is 19.9 Å². The number of rotatable bonds is 4. The van der Waals surface area contributed by atoms with Crippen molar-refractivity contribution in [2.75, 3.05) is 0 Å². The Kier molecular flexibility index (Phi) is 3.84. The summed E-state index contributed by atoms with van der Waals surface area (Å²) in [5.74, 6) is 0. The van der Waals surface area contributed by atoms with Crippen LogP contribution >= 0.6 is 11.6 Å². The zero-order chi connectivity index (χ0) is 9.68. The molecule has 1 aromatic carbocycles. The van der Waals surface area contributed by atoms with Crippen molar-refractivity contribution < 1.29 is 0 Å². The Labute approximate surface area is 84.4 Å².